The summed E-state index contributed by atoms with van der Waals surface area (Å²) in [5, 5.41) is 3.31. The highest BCUT2D eigenvalue weighted by Gasteiger charge is 2.20. The van der Waals surface area contributed by atoms with Gasteiger partial charge in [-0.1, -0.05) is 11.6 Å². The monoisotopic (exact) mass is 272 g/mol. The van der Waals surface area contributed by atoms with E-state index in [-0.39, 0.29) is 5.15 Å². The van der Waals surface area contributed by atoms with E-state index in [1.165, 1.54) is 12.5 Å². The molecule has 2 heterocycles. The molecule has 0 radical (unpaired) electrons. The number of ether oxygens (including phenoxy) is 1. The van der Waals surface area contributed by atoms with E-state index < -0.39 is 5.82 Å². The van der Waals surface area contributed by atoms with Gasteiger partial charge in [-0.2, -0.15) is 0 Å². The lowest BCUT2D eigenvalue weighted by Crippen LogP contribution is -2.37. The molecular weight excluding hydrogens is 255 g/mol. The molecule has 0 amide bonds. The van der Waals surface area contributed by atoms with E-state index in [9.17, 15) is 4.39 Å². The van der Waals surface area contributed by atoms with Gasteiger partial charge in [-0.15, -0.1) is 0 Å². The zero-order valence-electron chi connectivity index (χ0n) is 10.5. The summed E-state index contributed by atoms with van der Waals surface area (Å²) in [7, 11) is 0. The maximum atomic E-state index is 13.2. The van der Waals surface area contributed by atoms with E-state index in [2.05, 4.69) is 17.2 Å². The zero-order chi connectivity index (χ0) is 13.0. The quantitative estimate of drug-likeness (QED) is 0.856. The van der Waals surface area contributed by atoms with Crippen molar-refractivity contribution < 1.29 is 9.13 Å². The molecular formula is C13H18ClFN2O. The molecule has 0 aliphatic carbocycles. The van der Waals surface area contributed by atoms with Crippen LogP contribution in [0.2, 0.25) is 5.15 Å². The smallest absolute Gasteiger partial charge is 0.164 e. The van der Waals surface area contributed by atoms with Crippen LogP contribution in [0.4, 0.5) is 4.39 Å². The highest BCUT2D eigenvalue weighted by molar-refractivity contribution is 6.29. The Morgan fingerprint density at radius 3 is 3.17 bits per heavy atom. The Morgan fingerprint density at radius 1 is 1.67 bits per heavy atom. The predicted molar refractivity (Wildman–Crippen MR) is 69.0 cm³/mol. The Morgan fingerprint density at radius 2 is 2.50 bits per heavy atom. The van der Waals surface area contributed by atoms with Gasteiger partial charge in [0.1, 0.15) is 0 Å². The van der Waals surface area contributed by atoms with Gasteiger partial charge in [0, 0.05) is 25.4 Å². The van der Waals surface area contributed by atoms with E-state index in [0.717, 1.165) is 25.2 Å². The molecule has 1 saturated heterocycles. The number of nitrogens with zero attached hydrogens (tertiary/aromatic N) is 1. The van der Waals surface area contributed by atoms with Crippen LogP contribution in [0.15, 0.2) is 12.3 Å². The summed E-state index contributed by atoms with van der Waals surface area (Å²) in [5.74, 6) is 0.0634. The summed E-state index contributed by atoms with van der Waals surface area (Å²) in [5.41, 5.74) is 0.806. The minimum atomic E-state index is -0.468. The molecule has 3 nitrogen and oxygen atoms in total. The Kier molecular flexibility index (Phi) is 4.92. The van der Waals surface area contributed by atoms with Crippen LogP contribution in [0.25, 0.3) is 0 Å². The van der Waals surface area contributed by atoms with Crippen molar-refractivity contribution in [1.82, 2.24) is 10.3 Å². The summed E-state index contributed by atoms with van der Waals surface area (Å²) < 4.78 is 18.7. The second-order valence-electron chi connectivity index (χ2n) is 4.76. The molecule has 0 unspecified atom stereocenters. The number of pyridine rings is 1. The molecule has 1 fully saturated rings. The molecule has 18 heavy (non-hydrogen) atoms. The molecule has 1 aromatic rings. The molecule has 0 bridgehead atoms. The van der Waals surface area contributed by atoms with Crippen molar-refractivity contribution in [2.75, 3.05) is 13.2 Å². The van der Waals surface area contributed by atoms with E-state index >= 15 is 0 Å². The lowest BCUT2D eigenvalue weighted by Gasteiger charge is -2.28. The fraction of sp³-hybridized carbons (Fsp3) is 0.615. The molecule has 100 valence electrons. The number of hydrogen-bond donors (Lipinski definition) is 1. The van der Waals surface area contributed by atoms with Crippen molar-refractivity contribution in [2.45, 2.75) is 32.4 Å². The third-order valence-electron chi connectivity index (χ3n) is 3.38. The average molecular weight is 273 g/mol. The van der Waals surface area contributed by atoms with Crippen LogP contribution < -0.4 is 5.32 Å². The van der Waals surface area contributed by atoms with E-state index in [0.29, 0.717) is 18.5 Å². The molecule has 1 aliphatic heterocycles. The van der Waals surface area contributed by atoms with Crippen LogP contribution >= 0.6 is 11.6 Å². The van der Waals surface area contributed by atoms with Crippen LogP contribution in [0.3, 0.4) is 0 Å². The molecule has 2 rings (SSSR count). The summed E-state index contributed by atoms with van der Waals surface area (Å²) in [4.78, 5) is 3.79. The molecule has 1 N–H and O–H groups in total. The van der Waals surface area contributed by atoms with Crippen molar-refractivity contribution in [1.29, 1.82) is 0 Å². The summed E-state index contributed by atoms with van der Waals surface area (Å²) >= 11 is 5.54. The lowest BCUT2D eigenvalue weighted by molar-refractivity contribution is 0.0417. The zero-order valence-corrected chi connectivity index (χ0v) is 11.2. The van der Waals surface area contributed by atoms with Gasteiger partial charge in [-0.25, -0.2) is 9.37 Å². The van der Waals surface area contributed by atoms with Gasteiger partial charge in [0.05, 0.1) is 6.61 Å². The van der Waals surface area contributed by atoms with E-state index in [1.807, 2.05) is 0 Å². The SMILES string of the molecule is C[C@@H](NCc1cnc(Cl)c(F)c1)[C@H]1CCCOC1. The first-order chi connectivity index (χ1) is 8.66. The summed E-state index contributed by atoms with van der Waals surface area (Å²) in [6.07, 6.45) is 3.90. The van der Waals surface area contributed by atoms with Gasteiger partial charge in [0.2, 0.25) is 0 Å². The Hall–Kier alpha value is -0.710. The summed E-state index contributed by atoms with van der Waals surface area (Å²) in [6.45, 7) is 4.41. The first-order valence-corrected chi connectivity index (χ1v) is 6.65. The van der Waals surface area contributed by atoms with Gasteiger partial charge in [-0.3, -0.25) is 0 Å². The predicted octanol–water partition coefficient (Wildman–Crippen LogP) is 2.78. The minimum absolute atomic E-state index is 0.0764. The van der Waals surface area contributed by atoms with Gasteiger partial charge < -0.3 is 10.1 Å². The molecule has 0 spiro atoms. The fourth-order valence-corrected chi connectivity index (χ4v) is 2.27. The van der Waals surface area contributed by atoms with Gasteiger partial charge >= 0.3 is 0 Å². The Balaban J connectivity index is 1.84. The average Bonchev–Trinajstić information content (AvgIpc) is 2.41. The Bertz CT molecular complexity index is 397. The number of nitrogens with one attached hydrogen (secondary N) is 1. The first-order valence-electron chi connectivity index (χ1n) is 6.28. The van der Waals surface area contributed by atoms with E-state index in [1.54, 1.807) is 6.20 Å². The van der Waals surface area contributed by atoms with Crippen molar-refractivity contribution in [3.05, 3.63) is 28.8 Å². The molecule has 5 heteroatoms. The van der Waals surface area contributed by atoms with Crippen molar-refractivity contribution in [3.8, 4) is 0 Å². The first kappa shape index (κ1) is 13.7. The van der Waals surface area contributed by atoms with Crippen molar-refractivity contribution in [3.63, 3.8) is 0 Å². The van der Waals surface area contributed by atoms with Gasteiger partial charge in [-0.05, 0) is 37.3 Å². The minimum Gasteiger partial charge on any atom is -0.381 e. The third-order valence-corrected chi connectivity index (χ3v) is 3.66. The second-order valence-corrected chi connectivity index (χ2v) is 5.12. The summed E-state index contributed by atoms with van der Waals surface area (Å²) in [6, 6.07) is 1.77. The molecule has 1 aliphatic rings. The molecule has 1 aromatic heterocycles. The van der Waals surface area contributed by atoms with Crippen LogP contribution in [0.5, 0.6) is 0 Å². The lowest BCUT2D eigenvalue weighted by atomic mass is 9.95. The van der Waals surface area contributed by atoms with Crippen LogP contribution in [0.1, 0.15) is 25.3 Å². The largest absolute Gasteiger partial charge is 0.381 e. The Labute approximate surface area is 112 Å². The maximum absolute atomic E-state index is 13.2. The van der Waals surface area contributed by atoms with Crippen molar-refractivity contribution in [2.24, 2.45) is 5.92 Å². The highest BCUT2D eigenvalue weighted by Crippen LogP contribution is 2.18. The number of rotatable bonds is 4. The number of halogens is 2. The second kappa shape index (κ2) is 6.45. The topological polar surface area (TPSA) is 34.2 Å². The number of hydrogen-bond acceptors (Lipinski definition) is 3. The van der Waals surface area contributed by atoms with Crippen LogP contribution in [-0.2, 0) is 11.3 Å². The van der Waals surface area contributed by atoms with Crippen LogP contribution in [0, 0.1) is 11.7 Å². The van der Waals surface area contributed by atoms with Gasteiger partial charge in [0.15, 0.2) is 11.0 Å². The van der Waals surface area contributed by atoms with Gasteiger partial charge in [0.25, 0.3) is 0 Å². The molecule has 0 aromatic carbocycles. The molecule has 0 saturated carbocycles. The van der Waals surface area contributed by atoms with Crippen molar-refractivity contribution >= 4 is 11.6 Å². The third kappa shape index (κ3) is 3.64. The maximum Gasteiger partial charge on any atom is 0.164 e. The normalized spacial score (nSPS) is 21.8. The van der Waals surface area contributed by atoms with Crippen LogP contribution in [-0.4, -0.2) is 24.2 Å². The van der Waals surface area contributed by atoms with E-state index in [4.69, 9.17) is 16.3 Å². The number of aromatic nitrogens is 1. The highest BCUT2D eigenvalue weighted by atomic mass is 35.5. The molecule has 2 atom stereocenters. The standard InChI is InChI=1S/C13H18ClFN2O/c1-9(11-3-2-4-18-8-11)16-6-10-5-12(15)13(14)17-7-10/h5,7,9,11,16H,2-4,6,8H2,1H3/t9-,11+/m1/s1. The fourth-order valence-electron chi connectivity index (χ4n) is 2.16.